The molecule has 0 spiro atoms. The van der Waals surface area contributed by atoms with Crippen molar-refractivity contribution in [3.05, 3.63) is 24.3 Å². The van der Waals surface area contributed by atoms with E-state index in [2.05, 4.69) is 43.5 Å². The molecule has 0 aliphatic carbocycles. The van der Waals surface area contributed by atoms with E-state index in [9.17, 15) is 40.5 Å². The SMILES string of the molecule is CCCCCCCCCCCCCCCCC/C=C\C/C=C\CCCCCCCCCCCCCCCCCCC(O)C(=O)NC(COC1OC(CO)C(O)C(O)C1O)C(O)C(O)CCCCCCCCCCCCCCCCCCCCCCCC. The highest BCUT2D eigenvalue weighted by Crippen LogP contribution is 2.24. The summed E-state index contributed by atoms with van der Waals surface area (Å²) >= 11 is 0. The van der Waals surface area contributed by atoms with E-state index in [1.807, 2.05) is 0 Å². The molecule has 1 saturated heterocycles. The van der Waals surface area contributed by atoms with Crippen molar-refractivity contribution in [2.45, 2.75) is 441 Å². The summed E-state index contributed by atoms with van der Waals surface area (Å²) < 4.78 is 11.2. The lowest BCUT2D eigenvalue weighted by Crippen LogP contribution is -2.60. The Morgan fingerprint density at radius 1 is 0.402 bits per heavy atom. The number of aliphatic hydroxyl groups excluding tert-OH is 7. The van der Waals surface area contributed by atoms with Gasteiger partial charge in [-0.2, -0.15) is 0 Å². The fourth-order valence-electron chi connectivity index (χ4n) is 12.7. The Balaban J connectivity index is 2.12. The minimum atomic E-state index is -1.66. The lowest BCUT2D eigenvalue weighted by atomic mass is 9.98. The highest BCUT2D eigenvalue weighted by atomic mass is 16.7. The predicted octanol–water partition coefficient (Wildman–Crippen LogP) is 19.1. The Morgan fingerprint density at radius 2 is 0.701 bits per heavy atom. The largest absolute Gasteiger partial charge is 0.394 e. The highest BCUT2D eigenvalue weighted by Gasteiger charge is 2.44. The van der Waals surface area contributed by atoms with Crippen molar-refractivity contribution >= 4 is 5.91 Å². The molecule has 0 radical (unpaired) electrons. The topological polar surface area (TPSA) is 189 Å². The van der Waals surface area contributed by atoms with Crippen molar-refractivity contribution in [2.75, 3.05) is 13.2 Å². The molecule has 1 heterocycles. The zero-order valence-electron chi connectivity index (χ0n) is 57.3. The Kier molecular flexibility index (Phi) is 62.2. The number of carbonyl (C=O) groups is 1. The van der Waals surface area contributed by atoms with Gasteiger partial charge in [-0.3, -0.25) is 4.79 Å². The molecule has 0 aromatic heterocycles. The number of allylic oxidation sites excluding steroid dienone is 4. The van der Waals surface area contributed by atoms with Gasteiger partial charge in [0.2, 0.25) is 5.91 Å². The molecule has 9 atom stereocenters. The summed E-state index contributed by atoms with van der Waals surface area (Å²) in [5.74, 6) is -0.689. The van der Waals surface area contributed by atoms with Gasteiger partial charge in [-0.05, 0) is 44.9 Å². The summed E-state index contributed by atoms with van der Waals surface area (Å²) in [6.07, 6.45) is 71.4. The number of ether oxygens (including phenoxy) is 2. The second-order valence-corrected chi connectivity index (χ2v) is 27.1. The van der Waals surface area contributed by atoms with Crippen LogP contribution in [0.15, 0.2) is 24.3 Å². The fraction of sp³-hybridized carbons (Fsp3) is 0.934. The molecule has 516 valence electrons. The van der Waals surface area contributed by atoms with E-state index in [-0.39, 0.29) is 6.42 Å². The third-order valence-corrected chi connectivity index (χ3v) is 18.8. The van der Waals surface area contributed by atoms with E-state index in [1.54, 1.807) is 0 Å². The zero-order valence-corrected chi connectivity index (χ0v) is 57.3. The molecule has 0 saturated carbocycles. The normalized spacial score (nSPS) is 18.7. The van der Waals surface area contributed by atoms with Gasteiger partial charge >= 0.3 is 0 Å². The second-order valence-electron chi connectivity index (χ2n) is 27.1. The number of nitrogens with one attached hydrogen (secondary N) is 1. The maximum Gasteiger partial charge on any atom is 0.249 e. The minimum absolute atomic E-state index is 0.263. The van der Waals surface area contributed by atoms with Gasteiger partial charge in [0.25, 0.3) is 0 Å². The zero-order chi connectivity index (χ0) is 63.1. The summed E-state index contributed by atoms with van der Waals surface area (Å²) in [6, 6.07) is -1.17. The van der Waals surface area contributed by atoms with Crippen LogP contribution in [0, 0.1) is 0 Å². The van der Waals surface area contributed by atoms with Gasteiger partial charge in [0.1, 0.15) is 36.6 Å². The average Bonchev–Trinajstić information content (AvgIpc) is 1.96. The molecule has 0 bridgehead atoms. The van der Waals surface area contributed by atoms with Crippen LogP contribution >= 0.6 is 0 Å². The van der Waals surface area contributed by atoms with Crippen molar-refractivity contribution in [3.8, 4) is 0 Å². The van der Waals surface area contributed by atoms with Gasteiger partial charge in [0.05, 0.1) is 25.4 Å². The molecule has 11 heteroatoms. The number of carbonyl (C=O) groups excluding carboxylic acids is 1. The van der Waals surface area contributed by atoms with Crippen LogP contribution in [0.2, 0.25) is 0 Å². The molecule has 1 fully saturated rings. The first-order chi connectivity index (χ1) is 42.7. The Labute approximate surface area is 537 Å². The molecule has 87 heavy (non-hydrogen) atoms. The van der Waals surface area contributed by atoms with Gasteiger partial charge in [0, 0.05) is 0 Å². The van der Waals surface area contributed by atoms with E-state index >= 15 is 0 Å². The van der Waals surface area contributed by atoms with Crippen LogP contribution in [0.4, 0.5) is 0 Å². The number of rotatable bonds is 68. The van der Waals surface area contributed by atoms with Crippen LogP contribution in [0.1, 0.15) is 386 Å². The van der Waals surface area contributed by atoms with Crippen molar-refractivity contribution in [3.63, 3.8) is 0 Å². The molecule has 0 aromatic rings. The average molecular weight is 1240 g/mol. The first kappa shape index (κ1) is 83.6. The molecule has 8 N–H and O–H groups in total. The Hall–Kier alpha value is -1.41. The van der Waals surface area contributed by atoms with Crippen LogP contribution in [-0.4, -0.2) is 110 Å². The standard InChI is InChI=1S/C76H147NO10/c1-3-5-7-9-11-13-15-17-19-21-23-25-27-28-29-30-31-32-33-34-35-36-37-38-39-40-41-42-44-46-48-50-52-54-56-58-60-62-64-69(80)75(85)77-67(66-86-76-74(84)73(83)72(82)70(65-78)87-76)71(81)68(79)63-61-59-57-55-53-51-49-47-45-43-26-24-22-20-18-16-14-12-10-8-6-4-2/h31-32,34-35,67-74,76,78-84H,3-30,33,36-66H2,1-2H3,(H,77,85)/b32-31-,35-34-. The monoisotopic (exact) mass is 1230 g/mol. The van der Waals surface area contributed by atoms with Crippen molar-refractivity contribution in [1.82, 2.24) is 5.32 Å². The predicted molar refractivity (Wildman–Crippen MR) is 367 cm³/mol. The second kappa shape index (κ2) is 64.7. The summed E-state index contributed by atoms with van der Waals surface area (Å²) in [7, 11) is 0. The van der Waals surface area contributed by atoms with E-state index in [0.717, 1.165) is 44.9 Å². The van der Waals surface area contributed by atoms with Crippen LogP contribution in [-0.2, 0) is 14.3 Å². The van der Waals surface area contributed by atoms with Crippen molar-refractivity contribution < 1.29 is 50.0 Å². The Bertz CT molecular complexity index is 1460. The smallest absolute Gasteiger partial charge is 0.249 e. The molecule has 1 aliphatic rings. The molecular weight excluding hydrogens is 1090 g/mol. The van der Waals surface area contributed by atoms with Crippen LogP contribution in [0.25, 0.3) is 0 Å². The summed E-state index contributed by atoms with van der Waals surface area (Å²) in [6.45, 7) is 3.52. The van der Waals surface area contributed by atoms with Crippen molar-refractivity contribution in [2.24, 2.45) is 0 Å². The summed E-state index contributed by atoms with van der Waals surface area (Å²) in [5, 5.41) is 76.6. The van der Waals surface area contributed by atoms with Gasteiger partial charge in [-0.25, -0.2) is 0 Å². The molecule has 1 rings (SSSR count). The van der Waals surface area contributed by atoms with E-state index in [0.29, 0.717) is 19.3 Å². The molecule has 1 aliphatic heterocycles. The molecular formula is C76H147NO10. The lowest BCUT2D eigenvalue weighted by Gasteiger charge is -2.40. The molecule has 0 aromatic carbocycles. The maximum absolute atomic E-state index is 13.3. The van der Waals surface area contributed by atoms with Crippen LogP contribution in [0.3, 0.4) is 0 Å². The Morgan fingerprint density at radius 3 is 1.02 bits per heavy atom. The van der Waals surface area contributed by atoms with Gasteiger partial charge in [-0.1, -0.05) is 366 Å². The number of hydrogen-bond donors (Lipinski definition) is 8. The third-order valence-electron chi connectivity index (χ3n) is 18.8. The number of unbranched alkanes of at least 4 members (excludes halogenated alkanes) is 52. The lowest BCUT2D eigenvalue weighted by molar-refractivity contribution is -0.303. The van der Waals surface area contributed by atoms with Crippen LogP contribution in [0.5, 0.6) is 0 Å². The summed E-state index contributed by atoms with van der Waals surface area (Å²) in [5.41, 5.74) is 0. The van der Waals surface area contributed by atoms with Gasteiger partial charge in [-0.15, -0.1) is 0 Å². The van der Waals surface area contributed by atoms with Crippen LogP contribution < -0.4 is 5.32 Å². The third kappa shape index (κ3) is 51.8. The summed E-state index contributed by atoms with van der Waals surface area (Å²) in [4.78, 5) is 13.3. The van der Waals surface area contributed by atoms with Crippen molar-refractivity contribution in [1.29, 1.82) is 0 Å². The fourth-order valence-corrected chi connectivity index (χ4v) is 12.7. The first-order valence-corrected chi connectivity index (χ1v) is 38.2. The molecule has 9 unspecified atom stereocenters. The minimum Gasteiger partial charge on any atom is -0.394 e. The van der Waals surface area contributed by atoms with Gasteiger partial charge in [0.15, 0.2) is 6.29 Å². The maximum atomic E-state index is 13.3. The highest BCUT2D eigenvalue weighted by molar-refractivity contribution is 5.80. The van der Waals surface area contributed by atoms with Gasteiger partial charge < -0.3 is 50.5 Å². The molecule has 1 amide bonds. The van der Waals surface area contributed by atoms with E-state index in [4.69, 9.17) is 9.47 Å². The van der Waals surface area contributed by atoms with E-state index in [1.165, 1.54) is 302 Å². The first-order valence-electron chi connectivity index (χ1n) is 38.2. The number of hydrogen-bond acceptors (Lipinski definition) is 10. The van der Waals surface area contributed by atoms with E-state index < -0.39 is 74.2 Å². The number of amides is 1. The quantitative estimate of drug-likeness (QED) is 0.0215. The molecule has 11 nitrogen and oxygen atoms in total. The number of aliphatic hydroxyl groups is 7.